The third kappa shape index (κ3) is 2.61. The quantitative estimate of drug-likeness (QED) is 0.565. The summed E-state index contributed by atoms with van der Waals surface area (Å²) in [7, 11) is 1.51. The summed E-state index contributed by atoms with van der Waals surface area (Å²) in [5.74, 6) is 0.478. The summed E-state index contributed by atoms with van der Waals surface area (Å²) in [6, 6.07) is 8.79. The van der Waals surface area contributed by atoms with E-state index in [1.807, 2.05) is 0 Å². The topological polar surface area (TPSA) is 110 Å². The van der Waals surface area contributed by atoms with Crippen LogP contribution in [0.3, 0.4) is 0 Å². The number of phenols is 1. The molecule has 0 amide bonds. The zero-order valence-corrected chi connectivity index (χ0v) is 12.1. The second-order valence-electron chi connectivity index (χ2n) is 4.98. The van der Waals surface area contributed by atoms with Gasteiger partial charge in [0, 0.05) is 17.7 Å². The van der Waals surface area contributed by atoms with Crippen molar-refractivity contribution >= 4 is 16.6 Å². The van der Waals surface area contributed by atoms with Crippen LogP contribution in [-0.4, -0.2) is 26.9 Å². The third-order valence-electron chi connectivity index (χ3n) is 3.58. The second-order valence-corrected chi connectivity index (χ2v) is 4.98. The van der Waals surface area contributed by atoms with Gasteiger partial charge in [-0.15, -0.1) is 0 Å². The van der Waals surface area contributed by atoms with Gasteiger partial charge in [-0.05, 0) is 24.3 Å². The molecular weight excluding hydrogens is 302 g/mol. The molecule has 0 atom stereocenters. The van der Waals surface area contributed by atoms with Crippen molar-refractivity contribution in [1.82, 2.24) is 9.78 Å². The van der Waals surface area contributed by atoms with Crippen molar-refractivity contribution in [1.29, 1.82) is 0 Å². The van der Waals surface area contributed by atoms with Gasteiger partial charge >= 0.3 is 0 Å². The average Bonchev–Trinajstić information content (AvgIpc) is 2.85. The van der Waals surface area contributed by atoms with Gasteiger partial charge in [0.25, 0.3) is 11.2 Å². The number of hydrogen-bond acceptors (Lipinski definition) is 5. The third-order valence-corrected chi connectivity index (χ3v) is 3.58. The van der Waals surface area contributed by atoms with Crippen molar-refractivity contribution in [3.63, 3.8) is 0 Å². The fourth-order valence-electron chi connectivity index (χ4n) is 2.41. The van der Waals surface area contributed by atoms with Crippen molar-refractivity contribution in [3.05, 3.63) is 62.4 Å². The molecule has 23 heavy (non-hydrogen) atoms. The molecule has 0 aliphatic heterocycles. The highest BCUT2D eigenvalue weighted by molar-refractivity contribution is 5.80. The number of nitro benzene ring substituents is 1. The molecule has 0 spiro atoms. The van der Waals surface area contributed by atoms with Gasteiger partial charge in [0.15, 0.2) is 0 Å². The van der Waals surface area contributed by atoms with Crippen LogP contribution >= 0.6 is 0 Å². The second kappa shape index (κ2) is 5.48. The van der Waals surface area contributed by atoms with E-state index in [2.05, 4.69) is 5.10 Å². The zero-order valence-electron chi connectivity index (χ0n) is 12.1. The van der Waals surface area contributed by atoms with E-state index in [1.165, 1.54) is 30.0 Å². The number of H-pyrrole nitrogens is 1. The Bertz CT molecular complexity index is 957. The number of benzene rings is 2. The van der Waals surface area contributed by atoms with Crippen LogP contribution in [0.5, 0.6) is 11.5 Å². The van der Waals surface area contributed by atoms with Crippen molar-refractivity contribution in [2.24, 2.45) is 0 Å². The van der Waals surface area contributed by atoms with Crippen LogP contribution in [0, 0.1) is 10.1 Å². The van der Waals surface area contributed by atoms with Gasteiger partial charge in [0.2, 0.25) is 0 Å². The number of aromatic nitrogens is 2. The lowest BCUT2D eigenvalue weighted by molar-refractivity contribution is -0.384. The number of aromatic hydroxyl groups is 1. The smallest absolute Gasteiger partial charge is 0.272 e. The number of non-ortho nitro benzene ring substituents is 1. The number of nitrogens with one attached hydrogen (secondary N) is 1. The molecule has 2 aromatic carbocycles. The first-order chi connectivity index (χ1) is 11.0. The van der Waals surface area contributed by atoms with Gasteiger partial charge in [-0.3, -0.25) is 24.7 Å². The Labute approximate surface area is 129 Å². The molecular formula is C15H13N3O5. The summed E-state index contributed by atoms with van der Waals surface area (Å²) in [6.07, 6.45) is 0. The molecule has 1 aromatic heterocycles. The molecule has 118 valence electrons. The summed E-state index contributed by atoms with van der Waals surface area (Å²) in [6.45, 7) is 0.0958. The Kier molecular flexibility index (Phi) is 3.49. The first kappa shape index (κ1) is 14.6. The van der Waals surface area contributed by atoms with Crippen LogP contribution in [-0.2, 0) is 6.54 Å². The van der Waals surface area contributed by atoms with E-state index in [-0.39, 0.29) is 23.5 Å². The average molecular weight is 315 g/mol. The Balaban J connectivity index is 2.07. The van der Waals surface area contributed by atoms with Gasteiger partial charge in [-0.2, -0.15) is 0 Å². The summed E-state index contributed by atoms with van der Waals surface area (Å²) in [4.78, 5) is 22.3. The van der Waals surface area contributed by atoms with Crippen molar-refractivity contribution in [2.75, 3.05) is 7.11 Å². The van der Waals surface area contributed by atoms with E-state index < -0.39 is 4.92 Å². The Morgan fingerprint density at radius 1 is 1.30 bits per heavy atom. The van der Waals surface area contributed by atoms with E-state index in [9.17, 15) is 20.0 Å². The molecule has 0 fully saturated rings. The number of phenolic OH excluding ortho intramolecular Hbond substituents is 1. The number of methoxy groups -OCH3 is 1. The van der Waals surface area contributed by atoms with Gasteiger partial charge in [0.05, 0.1) is 29.5 Å². The van der Waals surface area contributed by atoms with Crippen LogP contribution < -0.4 is 10.3 Å². The maximum atomic E-state index is 12.0. The molecule has 0 saturated heterocycles. The van der Waals surface area contributed by atoms with Crippen LogP contribution in [0.15, 0.2) is 41.2 Å². The molecule has 0 unspecified atom stereocenters. The van der Waals surface area contributed by atoms with Crippen LogP contribution in [0.4, 0.5) is 5.69 Å². The molecule has 0 radical (unpaired) electrons. The number of hydrogen-bond donors (Lipinski definition) is 2. The standard InChI is InChI=1S/C15H13N3O5/c1-23-11-3-4-13-12(7-11)15(20)16-17(13)8-9-6-10(18(21)22)2-5-14(9)19/h2-7,19H,8H2,1H3,(H,16,20). The van der Waals surface area contributed by atoms with Crippen molar-refractivity contribution in [3.8, 4) is 11.5 Å². The minimum absolute atomic E-state index is 0.0770. The fraction of sp³-hybridized carbons (Fsp3) is 0.133. The summed E-state index contributed by atoms with van der Waals surface area (Å²) in [5.41, 5.74) is 0.520. The number of nitro groups is 1. The van der Waals surface area contributed by atoms with Gasteiger partial charge in [-0.1, -0.05) is 0 Å². The molecule has 0 aliphatic rings. The van der Waals surface area contributed by atoms with Gasteiger partial charge < -0.3 is 9.84 Å². The van der Waals surface area contributed by atoms with Crippen molar-refractivity contribution < 1.29 is 14.8 Å². The molecule has 3 aromatic rings. The first-order valence-corrected chi connectivity index (χ1v) is 6.72. The normalized spacial score (nSPS) is 10.8. The molecule has 0 aliphatic carbocycles. The predicted molar refractivity (Wildman–Crippen MR) is 83.0 cm³/mol. The van der Waals surface area contributed by atoms with Crippen LogP contribution in [0.25, 0.3) is 10.9 Å². The number of ether oxygens (including phenoxy) is 1. The highest BCUT2D eigenvalue weighted by Gasteiger charge is 2.13. The van der Waals surface area contributed by atoms with Crippen LogP contribution in [0.1, 0.15) is 5.56 Å². The fourth-order valence-corrected chi connectivity index (χ4v) is 2.41. The molecule has 2 N–H and O–H groups in total. The summed E-state index contributed by atoms with van der Waals surface area (Å²) >= 11 is 0. The SMILES string of the molecule is COc1ccc2c(c1)c(=O)[nH]n2Cc1cc([N+](=O)[O-])ccc1O. The molecule has 8 nitrogen and oxygen atoms in total. The van der Waals surface area contributed by atoms with E-state index in [1.54, 1.807) is 18.2 Å². The number of nitrogens with zero attached hydrogens (tertiary/aromatic N) is 2. The maximum absolute atomic E-state index is 12.0. The largest absolute Gasteiger partial charge is 0.508 e. The lowest BCUT2D eigenvalue weighted by atomic mass is 10.1. The Morgan fingerprint density at radius 2 is 2.09 bits per heavy atom. The van der Waals surface area contributed by atoms with Crippen molar-refractivity contribution in [2.45, 2.75) is 6.54 Å². The van der Waals surface area contributed by atoms with Gasteiger partial charge in [-0.25, -0.2) is 0 Å². The van der Waals surface area contributed by atoms with E-state index in [4.69, 9.17) is 4.74 Å². The molecule has 8 heteroatoms. The minimum Gasteiger partial charge on any atom is -0.508 e. The molecule has 3 rings (SSSR count). The first-order valence-electron chi connectivity index (χ1n) is 6.72. The molecule has 1 heterocycles. The molecule has 0 bridgehead atoms. The van der Waals surface area contributed by atoms with E-state index >= 15 is 0 Å². The maximum Gasteiger partial charge on any atom is 0.272 e. The number of fused-ring (bicyclic) bond motifs is 1. The minimum atomic E-state index is -0.537. The Morgan fingerprint density at radius 3 is 2.78 bits per heavy atom. The number of rotatable bonds is 4. The van der Waals surface area contributed by atoms with E-state index in [0.29, 0.717) is 22.2 Å². The molecule has 0 saturated carbocycles. The van der Waals surface area contributed by atoms with Crippen LogP contribution in [0.2, 0.25) is 0 Å². The highest BCUT2D eigenvalue weighted by Crippen LogP contribution is 2.25. The summed E-state index contributed by atoms with van der Waals surface area (Å²) in [5, 5.41) is 23.8. The lowest BCUT2D eigenvalue weighted by Crippen LogP contribution is -2.07. The monoisotopic (exact) mass is 315 g/mol. The van der Waals surface area contributed by atoms with Gasteiger partial charge in [0.1, 0.15) is 11.5 Å². The number of aromatic amines is 1. The zero-order chi connectivity index (χ0) is 16.6. The summed E-state index contributed by atoms with van der Waals surface area (Å²) < 4.78 is 6.61. The predicted octanol–water partition coefficient (Wildman–Crippen LogP) is 2.00. The Hall–Kier alpha value is -3.29. The highest BCUT2D eigenvalue weighted by atomic mass is 16.6. The lowest BCUT2D eigenvalue weighted by Gasteiger charge is -2.07. The van der Waals surface area contributed by atoms with E-state index in [0.717, 1.165) is 0 Å².